The van der Waals surface area contributed by atoms with Crippen molar-refractivity contribution >= 4 is 29.0 Å². The van der Waals surface area contributed by atoms with Crippen LogP contribution < -0.4 is 0 Å². The van der Waals surface area contributed by atoms with Gasteiger partial charge in [-0.3, -0.25) is 0 Å². The first kappa shape index (κ1) is 11.7. The highest BCUT2D eigenvalue weighted by molar-refractivity contribution is 7.08. The molecule has 1 heterocycles. The predicted molar refractivity (Wildman–Crippen MR) is 82.9 cm³/mol. The Kier molecular flexibility index (Phi) is 2.78. The minimum absolute atomic E-state index is 0.543. The zero-order valence-electron chi connectivity index (χ0n) is 10.6. The van der Waals surface area contributed by atoms with Crippen LogP contribution in [-0.4, -0.2) is 0 Å². The van der Waals surface area contributed by atoms with Gasteiger partial charge in [-0.2, -0.15) is 11.3 Å². The first-order valence-electron chi connectivity index (χ1n) is 6.85. The molecule has 2 atom stereocenters. The molecule has 2 unspecified atom stereocenters. The Bertz CT molecular complexity index is 636. The van der Waals surface area contributed by atoms with E-state index in [9.17, 15) is 0 Å². The van der Waals surface area contributed by atoms with Crippen LogP contribution in [0, 0.1) is 5.92 Å². The number of fused-ring (bicyclic) bond motifs is 2. The molecule has 0 aliphatic heterocycles. The van der Waals surface area contributed by atoms with E-state index in [2.05, 4.69) is 29.0 Å². The molecule has 1 aromatic carbocycles. The lowest BCUT2D eigenvalue weighted by molar-refractivity contribution is 0.549. The monoisotopic (exact) mass is 286 g/mol. The minimum Gasteiger partial charge on any atom is -0.151 e. The van der Waals surface area contributed by atoms with Crippen LogP contribution in [0.4, 0.5) is 0 Å². The van der Waals surface area contributed by atoms with Crippen LogP contribution in [0.2, 0.25) is 5.02 Å². The Balaban J connectivity index is 1.86. The summed E-state index contributed by atoms with van der Waals surface area (Å²) < 4.78 is 0. The van der Waals surface area contributed by atoms with Gasteiger partial charge in [0, 0.05) is 10.9 Å². The third kappa shape index (κ3) is 1.87. The third-order valence-corrected chi connectivity index (χ3v) is 5.52. The minimum atomic E-state index is 0.543. The lowest BCUT2D eigenvalue weighted by Crippen LogP contribution is -2.16. The molecule has 0 spiro atoms. The van der Waals surface area contributed by atoms with E-state index in [0.29, 0.717) is 11.8 Å². The molecule has 2 aliphatic rings. The Morgan fingerprint density at radius 3 is 2.79 bits per heavy atom. The highest BCUT2D eigenvalue weighted by Crippen LogP contribution is 2.50. The van der Waals surface area contributed by atoms with Crippen LogP contribution in [0.1, 0.15) is 41.9 Å². The van der Waals surface area contributed by atoms with Crippen molar-refractivity contribution in [2.45, 2.75) is 25.2 Å². The van der Waals surface area contributed by atoms with Crippen molar-refractivity contribution in [2.24, 2.45) is 5.92 Å². The van der Waals surface area contributed by atoms with Gasteiger partial charge in [0.05, 0.1) is 0 Å². The molecule has 0 amide bonds. The molecular weight excluding hydrogens is 272 g/mol. The molecular formula is C17H15ClS. The number of hydrogen-bond donors (Lipinski definition) is 0. The number of halogens is 1. The van der Waals surface area contributed by atoms with Crippen molar-refractivity contribution in [3.63, 3.8) is 0 Å². The zero-order chi connectivity index (χ0) is 12.8. The molecule has 2 aromatic rings. The molecule has 4 rings (SSSR count). The second kappa shape index (κ2) is 4.50. The maximum absolute atomic E-state index is 6.03. The Hall–Kier alpha value is -1.05. The SMILES string of the molecule is Clc1ccc(C2c3cscc3C=C3CCCC32)cc1. The van der Waals surface area contributed by atoms with Gasteiger partial charge in [-0.15, -0.1) is 0 Å². The van der Waals surface area contributed by atoms with Crippen molar-refractivity contribution in [1.29, 1.82) is 0 Å². The van der Waals surface area contributed by atoms with Crippen LogP contribution >= 0.6 is 22.9 Å². The molecule has 1 saturated carbocycles. The zero-order valence-corrected chi connectivity index (χ0v) is 12.2. The van der Waals surface area contributed by atoms with E-state index in [1.165, 1.54) is 36.0 Å². The number of hydrogen-bond acceptors (Lipinski definition) is 1. The van der Waals surface area contributed by atoms with Gasteiger partial charge >= 0.3 is 0 Å². The molecule has 1 aromatic heterocycles. The van der Waals surface area contributed by atoms with Gasteiger partial charge in [0.1, 0.15) is 0 Å². The molecule has 0 saturated heterocycles. The van der Waals surface area contributed by atoms with Crippen LogP contribution in [0.3, 0.4) is 0 Å². The summed E-state index contributed by atoms with van der Waals surface area (Å²) in [6.07, 6.45) is 6.39. The van der Waals surface area contributed by atoms with E-state index < -0.39 is 0 Å². The van der Waals surface area contributed by atoms with Crippen molar-refractivity contribution in [3.8, 4) is 0 Å². The maximum atomic E-state index is 6.03. The first-order valence-corrected chi connectivity index (χ1v) is 8.17. The van der Waals surface area contributed by atoms with Crippen LogP contribution in [0.5, 0.6) is 0 Å². The molecule has 0 nitrogen and oxygen atoms in total. The second-order valence-corrected chi connectivity index (χ2v) is 6.71. The second-order valence-electron chi connectivity index (χ2n) is 5.53. The summed E-state index contributed by atoms with van der Waals surface area (Å²) in [6, 6.07) is 8.46. The summed E-state index contributed by atoms with van der Waals surface area (Å²) in [4.78, 5) is 0. The lowest BCUT2D eigenvalue weighted by Gasteiger charge is -2.29. The summed E-state index contributed by atoms with van der Waals surface area (Å²) in [7, 11) is 0. The molecule has 2 heteroatoms. The quantitative estimate of drug-likeness (QED) is 0.628. The van der Waals surface area contributed by atoms with Crippen molar-refractivity contribution in [2.75, 3.05) is 0 Å². The summed E-state index contributed by atoms with van der Waals surface area (Å²) in [5, 5.41) is 5.45. The van der Waals surface area contributed by atoms with Gasteiger partial charge < -0.3 is 0 Å². The third-order valence-electron chi connectivity index (χ3n) is 4.49. The van der Waals surface area contributed by atoms with Crippen LogP contribution in [0.25, 0.3) is 6.08 Å². The normalized spacial score (nSPS) is 24.8. The van der Waals surface area contributed by atoms with Crippen molar-refractivity contribution in [3.05, 3.63) is 62.3 Å². The van der Waals surface area contributed by atoms with Crippen LogP contribution in [-0.2, 0) is 0 Å². The van der Waals surface area contributed by atoms with Gasteiger partial charge in [0.25, 0.3) is 0 Å². The summed E-state index contributed by atoms with van der Waals surface area (Å²) in [5.41, 5.74) is 6.04. The maximum Gasteiger partial charge on any atom is 0.0406 e. The fraction of sp³-hybridized carbons (Fsp3) is 0.294. The average molecular weight is 287 g/mol. The highest BCUT2D eigenvalue weighted by Gasteiger charge is 2.35. The number of thiophene rings is 1. The van der Waals surface area contributed by atoms with E-state index in [-0.39, 0.29) is 0 Å². The smallest absolute Gasteiger partial charge is 0.0406 e. The Labute approximate surface area is 122 Å². The molecule has 1 fully saturated rings. The van der Waals surface area contributed by atoms with E-state index in [4.69, 9.17) is 11.6 Å². The average Bonchev–Trinajstić information content (AvgIpc) is 3.05. The highest BCUT2D eigenvalue weighted by atomic mass is 35.5. The Morgan fingerprint density at radius 2 is 1.95 bits per heavy atom. The van der Waals surface area contributed by atoms with Crippen LogP contribution in [0.15, 0.2) is 40.6 Å². The van der Waals surface area contributed by atoms with Crippen molar-refractivity contribution < 1.29 is 0 Å². The van der Waals surface area contributed by atoms with E-state index in [0.717, 1.165) is 5.02 Å². The molecule has 0 radical (unpaired) electrons. The molecule has 0 N–H and O–H groups in total. The summed E-state index contributed by atoms with van der Waals surface area (Å²) >= 11 is 7.86. The first-order chi connectivity index (χ1) is 9.33. The fourth-order valence-electron chi connectivity index (χ4n) is 3.64. The topological polar surface area (TPSA) is 0 Å². The fourth-order valence-corrected chi connectivity index (χ4v) is 4.62. The summed E-state index contributed by atoms with van der Waals surface area (Å²) in [6.45, 7) is 0. The van der Waals surface area contributed by atoms with Gasteiger partial charge in [0.15, 0.2) is 0 Å². The largest absolute Gasteiger partial charge is 0.151 e. The molecule has 2 aliphatic carbocycles. The van der Waals surface area contributed by atoms with Gasteiger partial charge in [0.2, 0.25) is 0 Å². The molecule has 96 valence electrons. The van der Waals surface area contributed by atoms with E-state index >= 15 is 0 Å². The number of benzene rings is 1. The van der Waals surface area contributed by atoms with Gasteiger partial charge in [-0.1, -0.05) is 35.4 Å². The van der Waals surface area contributed by atoms with Gasteiger partial charge in [-0.05, 0) is 64.8 Å². The molecule has 0 bridgehead atoms. The van der Waals surface area contributed by atoms with E-state index in [1.807, 2.05) is 23.5 Å². The van der Waals surface area contributed by atoms with Gasteiger partial charge in [-0.25, -0.2) is 0 Å². The number of allylic oxidation sites excluding steroid dienone is 1. The number of rotatable bonds is 1. The van der Waals surface area contributed by atoms with E-state index in [1.54, 1.807) is 5.57 Å². The van der Waals surface area contributed by atoms with Crippen molar-refractivity contribution in [1.82, 2.24) is 0 Å². The lowest BCUT2D eigenvalue weighted by atomic mass is 9.74. The summed E-state index contributed by atoms with van der Waals surface area (Å²) in [5.74, 6) is 1.25. The Morgan fingerprint density at radius 1 is 1.11 bits per heavy atom. The standard InChI is InChI=1S/C17H15ClS/c18-14-6-4-11(5-7-14)17-15-3-1-2-12(15)8-13-9-19-10-16(13)17/h4-10,15,17H,1-3H2. The predicted octanol–water partition coefficient (Wildman–Crippen LogP) is 5.73. The molecule has 19 heavy (non-hydrogen) atoms.